The quantitative estimate of drug-likeness (QED) is 0.565. The molecular weight excluding hydrogens is 228 g/mol. The van der Waals surface area contributed by atoms with E-state index in [4.69, 9.17) is 4.74 Å². The molecule has 0 amide bonds. The second kappa shape index (κ2) is 4.06. The molecule has 0 unspecified atom stereocenters. The summed E-state index contributed by atoms with van der Waals surface area (Å²) in [4.78, 5) is 12.0. The minimum absolute atomic E-state index is 0.155. The average molecular weight is 252 g/mol. The molecule has 96 valence electrons. The van der Waals surface area contributed by atoms with Gasteiger partial charge >= 0.3 is 0 Å². The topological polar surface area (TPSA) is 29.6 Å². The molecule has 1 saturated heterocycles. The maximum absolute atomic E-state index is 12.0. The van der Waals surface area contributed by atoms with Crippen LogP contribution in [0, 0.1) is 0 Å². The molecule has 2 rings (SSSR count). The Morgan fingerprint density at radius 1 is 1.29 bits per heavy atom. The van der Waals surface area contributed by atoms with Crippen LogP contribution in [0.5, 0.6) is 0 Å². The molecule has 1 heterocycles. The van der Waals surface area contributed by atoms with Crippen LogP contribution >= 0.6 is 0 Å². The Balaban J connectivity index is 2.20. The third-order valence-electron chi connectivity index (χ3n) is 3.96. The van der Waals surface area contributed by atoms with E-state index in [9.17, 15) is 4.79 Å². The molecule has 17 heavy (non-hydrogen) atoms. The first-order valence-corrected chi connectivity index (χ1v) is 10.5. The number of rotatable bonds is 4. The Morgan fingerprint density at radius 2 is 1.94 bits per heavy atom. The van der Waals surface area contributed by atoms with Crippen LogP contribution in [-0.2, 0) is 9.53 Å². The van der Waals surface area contributed by atoms with Gasteiger partial charge in [-0.05, 0) is 30.0 Å². The summed E-state index contributed by atoms with van der Waals surface area (Å²) in [5, 5.41) is 0. The largest absolute Gasteiger partial charge is 0.361 e. The van der Waals surface area contributed by atoms with Crippen LogP contribution in [0.15, 0.2) is 11.1 Å². The summed E-state index contributed by atoms with van der Waals surface area (Å²) >= 11 is 0. The van der Waals surface area contributed by atoms with Crippen molar-refractivity contribution < 1.29 is 9.53 Å². The van der Waals surface area contributed by atoms with E-state index in [0.717, 1.165) is 18.4 Å². The fourth-order valence-electron chi connectivity index (χ4n) is 3.20. The van der Waals surface area contributed by atoms with Gasteiger partial charge in [-0.3, -0.25) is 4.79 Å². The van der Waals surface area contributed by atoms with Crippen LogP contribution in [0.1, 0.15) is 33.1 Å². The Hall–Kier alpha value is -0.413. The van der Waals surface area contributed by atoms with Crippen molar-refractivity contribution >= 4 is 13.9 Å². The number of ether oxygens (including phenoxy) is 1. The van der Waals surface area contributed by atoms with Gasteiger partial charge in [-0.15, -0.1) is 0 Å². The summed E-state index contributed by atoms with van der Waals surface area (Å²) in [5.41, 5.74) is 2.22. The number of epoxide rings is 1. The molecule has 1 aliphatic carbocycles. The molecule has 3 heteroatoms. The molecule has 2 aliphatic rings. The number of allylic oxidation sites excluding steroid dienone is 1. The van der Waals surface area contributed by atoms with Crippen molar-refractivity contribution in [2.45, 2.75) is 70.5 Å². The molecule has 0 aromatic heterocycles. The maximum atomic E-state index is 12.0. The van der Waals surface area contributed by atoms with Gasteiger partial charge in [0.1, 0.15) is 5.60 Å². The molecule has 0 N–H and O–H groups in total. The zero-order chi connectivity index (χ0) is 12.8. The number of hydrogen-bond donors (Lipinski definition) is 0. The first kappa shape index (κ1) is 13.0. The van der Waals surface area contributed by atoms with Crippen LogP contribution in [-0.4, -0.2) is 25.6 Å². The lowest BCUT2D eigenvalue weighted by molar-refractivity contribution is -0.115. The van der Waals surface area contributed by atoms with Crippen LogP contribution in [0.3, 0.4) is 0 Å². The molecule has 0 aromatic carbocycles. The normalized spacial score (nSPS) is 32.8. The van der Waals surface area contributed by atoms with Crippen LogP contribution < -0.4 is 0 Å². The highest BCUT2D eigenvalue weighted by atomic mass is 28.3. The zero-order valence-electron chi connectivity index (χ0n) is 11.7. The molecule has 0 aromatic rings. The van der Waals surface area contributed by atoms with Crippen molar-refractivity contribution in [2.24, 2.45) is 0 Å². The zero-order valence-corrected chi connectivity index (χ0v) is 12.7. The number of ketones is 1. The van der Waals surface area contributed by atoms with Crippen molar-refractivity contribution in [3.8, 4) is 0 Å². The van der Waals surface area contributed by atoms with Crippen LogP contribution in [0.25, 0.3) is 0 Å². The van der Waals surface area contributed by atoms with Gasteiger partial charge in [-0.25, -0.2) is 0 Å². The second-order valence-corrected chi connectivity index (χ2v) is 12.1. The summed E-state index contributed by atoms with van der Waals surface area (Å²) in [6, 6.07) is 1.18. The highest BCUT2D eigenvalue weighted by Gasteiger charge is 2.63. The fourth-order valence-corrected chi connectivity index (χ4v) is 4.73. The fraction of sp³-hybridized carbons (Fsp3) is 0.786. The van der Waals surface area contributed by atoms with E-state index in [2.05, 4.69) is 33.5 Å². The number of carbonyl (C=O) groups excluding carboxylic acids is 1. The molecule has 1 spiro atoms. The Bertz CT molecular complexity index is 378. The first-order valence-electron chi connectivity index (χ1n) is 6.77. The van der Waals surface area contributed by atoms with Crippen molar-refractivity contribution in [3.05, 3.63) is 11.1 Å². The van der Waals surface area contributed by atoms with E-state index in [0.29, 0.717) is 18.3 Å². The molecule has 0 saturated carbocycles. The summed E-state index contributed by atoms with van der Waals surface area (Å²) in [6.07, 6.45) is 2.79. The van der Waals surface area contributed by atoms with Crippen LogP contribution in [0.4, 0.5) is 0 Å². The monoisotopic (exact) mass is 252 g/mol. The number of carbonyl (C=O) groups is 1. The van der Waals surface area contributed by atoms with Gasteiger partial charge in [0.2, 0.25) is 0 Å². The van der Waals surface area contributed by atoms with Gasteiger partial charge in [-0.2, -0.15) is 0 Å². The van der Waals surface area contributed by atoms with E-state index in [1.807, 2.05) is 0 Å². The molecular formula is C14H24O2Si. The van der Waals surface area contributed by atoms with Crippen molar-refractivity contribution in [1.82, 2.24) is 0 Å². The summed E-state index contributed by atoms with van der Waals surface area (Å²) in [6.45, 7) is 11.3. The van der Waals surface area contributed by atoms with E-state index in [1.165, 1.54) is 11.6 Å². The maximum Gasteiger partial charge on any atom is 0.162 e. The SMILES string of the molecule is CCC1=C(CC)[C@@]2(CC1=O)O[C@@H]2C[Si](C)(C)C. The summed E-state index contributed by atoms with van der Waals surface area (Å²) in [7, 11) is -1.11. The van der Waals surface area contributed by atoms with Gasteiger partial charge in [0.15, 0.2) is 5.78 Å². The van der Waals surface area contributed by atoms with Gasteiger partial charge in [0, 0.05) is 14.5 Å². The first-order chi connectivity index (χ1) is 7.84. The third kappa shape index (κ3) is 2.15. The number of hydrogen-bond acceptors (Lipinski definition) is 2. The van der Waals surface area contributed by atoms with E-state index in [1.54, 1.807) is 0 Å². The van der Waals surface area contributed by atoms with Crippen LogP contribution in [0.2, 0.25) is 25.7 Å². The standard InChI is InChI=1S/C14H24O2Si/c1-6-10-11(7-2)14(8-12(10)15)13(16-14)9-17(3,4)5/h13H,6-9H2,1-5H3/t13-,14-/m1/s1. The minimum atomic E-state index is -1.11. The molecule has 2 nitrogen and oxygen atoms in total. The van der Waals surface area contributed by atoms with Gasteiger partial charge in [0.25, 0.3) is 0 Å². The third-order valence-corrected chi connectivity index (χ3v) is 5.55. The van der Waals surface area contributed by atoms with Crippen molar-refractivity contribution in [3.63, 3.8) is 0 Å². The Morgan fingerprint density at radius 3 is 2.41 bits per heavy atom. The predicted octanol–water partition coefficient (Wildman–Crippen LogP) is 3.55. The summed E-state index contributed by atoms with van der Waals surface area (Å²) < 4.78 is 6.00. The Labute approximate surface area is 105 Å². The second-order valence-electron chi connectivity index (χ2n) is 6.52. The lowest BCUT2D eigenvalue weighted by atomic mass is 9.95. The number of Topliss-reactive ketones (excluding diaryl/α,β-unsaturated/α-hetero) is 1. The van der Waals surface area contributed by atoms with Gasteiger partial charge in [0.05, 0.1) is 6.10 Å². The van der Waals surface area contributed by atoms with Gasteiger partial charge < -0.3 is 4.74 Å². The smallest absolute Gasteiger partial charge is 0.162 e. The van der Waals surface area contributed by atoms with E-state index < -0.39 is 8.07 Å². The van der Waals surface area contributed by atoms with E-state index in [-0.39, 0.29) is 5.60 Å². The minimum Gasteiger partial charge on any atom is -0.361 e. The van der Waals surface area contributed by atoms with Crippen molar-refractivity contribution in [2.75, 3.05) is 0 Å². The molecule has 1 aliphatic heterocycles. The molecule has 1 fully saturated rings. The lowest BCUT2D eigenvalue weighted by Gasteiger charge is -2.15. The predicted molar refractivity (Wildman–Crippen MR) is 73.0 cm³/mol. The van der Waals surface area contributed by atoms with Gasteiger partial charge in [-0.1, -0.05) is 33.5 Å². The highest BCUT2D eigenvalue weighted by molar-refractivity contribution is 6.76. The molecule has 2 atom stereocenters. The molecule has 0 bridgehead atoms. The average Bonchev–Trinajstić information content (AvgIpc) is 2.73. The highest BCUT2D eigenvalue weighted by Crippen LogP contribution is 2.55. The Kier molecular flexibility index (Phi) is 3.11. The summed E-state index contributed by atoms with van der Waals surface area (Å²) in [5.74, 6) is 0.336. The van der Waals surface area contributed by atoms with Crippen molar-refractivity contribution in [1.29, 1.82) is 0 Å². The molecule has 0 radical (unpaired) electrons. The lowest BCUT2D eigenvalue weighted by Crippen LogP contribution is -2.26. The van der Waals surface area contributed by atoms with E-state index >= 15 is 0 Å².